The van der Waals surface area contributed by atoms with Gasteiger partial charge >= 0.3 is 6.18 Å². The molecule has 0 aliphatic carbocycles. The van der Waals surface area contributed by atoms with Crippen LogP contribution in [0.2, 0.25) is 0 Å². The van der Waals surface area contributed by atoms with Gasteiger partial charge in [-0.1, -0.05) is 0 Å². The van der Waals surface area contributed by atoms with Crippen LogP contribution in [-0.4, -0.2) is 48.3 Å². The first-order chi connectivity index (χ1) is 6.35. The van der Waals surface area contributed by atoms with Gasteiger partial charge in [0.05, 0.1) is 19.0 Å². The van der Waals surface area contributed by atoms with Crippen LogP contribution in [-0.2, 0) is 0 Å². The molecule has 0 aromatic carbocycles. The van der Waals surface area contributed by atoms with Crippen molar-refractivity contribution in [1.29, 1.82) is 5.41 Å². The second kappa shape index (κ2) is 5.82. The molecule has 0 aromatic heterocycles. The minimum Gasteiger partial charge on any atom is -0.395 e. The molecule has 0 radical (unpaired) electrons. The Morgan fingerprint density at radius 1 is 1.36 bits per heavy atom. The molecule has 0 atom stereocenters. The number of hydrogen-bond acceptors (Lipinski definition) is 3. The fraction of sp³-hybridized carbons (Fsp3) is 0.857. The Balaban J connectivity index is 3.95. The van der Waals surface area contributed by atoms with Crippen LogP contribution in [0.15, 0.2) is 0 Å². The zero-order valence-electron chi connectivity index (χ0n) is 7.64. The first-order valence-electron chi connectivity index (χ1n) is 4.08. The maximum absolute atomic E-state index is 11.9. The highest BCUT2D eigenvalue weighted by Crippen LogP contribution is 2.16. The quantitative estimate of drug-likeness (QED) is 0.435. The van der Waals surface area contributed by atoms with Crippen LogP contribution in [0, 0.1) is 5.41 Å². The van der Waals surface area contributed by atoms with Crippen LogP contribution < -0.4 is 5.73 Å². The number of amidine groups is 1. The van der Waals surface area contributed by atoms with Gasteiger partial charge in [-0.05, 0) is 0 Å². The third-order valence-corrected chi connectivity index (χ3v) is 1.52. The summed E-state index contributed by atoms with van der Waals surface area (Å²) in [5.74, 6) is -0.157. The summed E-state index contributed by atoms with van der Waals surface area (Å²) in [6.07, 6.45) is -4.21. The smallest absolute Gasteiger partial charge is 0.395 e. The van der Waals surface area contributed by atoms with Crippen molar-refractivity contribution in [2.45, 2.75) is 12.6 Å². The molecule has 0 saturated carbocycles. The predicted molar refractivity (Wildman–Crippen MR) is 46.1 cm³/mol. The van der Waals surface area contributed by atoms with Crippen molar-refractivity contribution in [3.05, 3.63) is 0 Å². The average molecular weight is 213 g/mol. The van der Waals surface area contributed by atoms with E-state index in [1.807, 2.05) is 0 Å². The highest BCUT2D eigenvalue weighted by atomic mass is 19.4. The van der Waals surface area contributed by atoms with Gasteiger partial charge in [0.15, 0.2) is 0 Å². The molecule has 0 fully saturated rings. The van der Waals surface area contributed by atoms with E-state index in [0.29, 0.717) is 0 Å². The van der Waals surface area contributed by atoms with Crippen molar-refractivity contribution >= 4 is 5.84 Å². The van der Waals surface area contributed by atoms with Crippen LogP contribution in [0.25, 0.3) is 0 Å². The molecule has 0 spiro atoms. The first kappa shape index (κ1) is 13.2. The second-order valence-electron chi connectivity index (χ2n) is 2.89. The number of aliphatic hydroxyl groups is 1. The third kappa shape index (κ3) is 7.81. The van der Waals surface area contributed by atoms with Crippen molar-refractivity contribution in [3.8, 4) is 0 Å². The lowest BCUT2D eigenvalue weighted by Crippen LogP contribution is -2.38. The van der Waals surface area contributed by atoms with E-state index in [-0.39, 0.29) is 32.0 Å². The Morgan fingerprint density at radius 2 is 1.93 bits per heavy atom. The zero-order chi connectivity index (χ0) is 11.2. The van der Waals surface area contributed by atoms with Gasteiger partial charge in [-0.3, -0.25) is 10.3 Å². The summed E-state index contributed by atoms with van der Waals surface area (Å²) in [5, 5.41) is 15.4. The van der Waals surface area contributed by atoms with Crippen LogP contribution >= 0.6 is 0 Å². The lowest BCUT2D eigenvalue weighted by Gasteiger charge is -2.22. The van der Waals surface area contributed by atoms with Gasteiger partial charge in [-0.25, -0.2) is 0 Å². The molecule has 0 rings (SSSR count). The normalized spacial score (nSPS) is 12.1. The number of aliphatic hydroxyl groups excluding tert-OH is 1. The standard InChI is InChI=1S/C7H14F3N3O/c8-7(9,10)5-13(3-4-14)2-1-6(11)12/h14H,1-5H2,(H3,11,12). The Bertz CT molecular complexity index is 184. The molecule has 0 unspecified atom stereocenters. The van der Waals surface area contributed by atoms with E-state index < -0.39 is 12.7 Å². The minimum absolute atomic E-state index is 0.0371. The number of nitrogens with two attached hydrogens (primary N) is 1. The van der Waals surface area contributed by atoms with Gasteiger partial charge in [0, 0.05) is 19.5 Å². The van der Waals surface area contributed by atoms with E-state index in [1.165, 1.54) is 0 Å². The van der Waals surface area contributed by atoms with Crippen LogP contribution in [0.3, 0.4) is 0 Å². The van der Waals surface area contributed by atoms with E-state index in [4.69, 9.17) is 16.2 Å². The fourth-order valence-corrected chi connectivity index (χ4v) is 0.943. The van der Waals surface area contributed by atoms with Crippen molar-refractivity contribution in [2.24, 2.45) is 5.73 Å². The summed E-state index contributed by atoms with van der Waals surface area (Å²) in [6.45, 7) is -1.45. The Labute approximate surface area is 80.0 Å². The summed E-state index contributed by atoms with van der Waals surface area (Å²) in [6, 6.07) is 0. The van der Waals surface area contributed by atoms with Gasteiger partial charge in [-0.15, -0.1) is 0 Å². The highest BCUT2D eigenvalue weighted by Gasteiger charge is 2.30. The van der Waals surface area contributed by atoms with Gasteiger partial charge in [0.25, 0.3) is 0 Å². The molecule has 14 heavy (non-hydrogen) atoms. The maximum atomic E-state index is 11.9. The predicted octanol–water partition coefficient (Wildman–Crippen LogP) is 0.169. The van der Waals surface area contributed by atoms with Crippen molar-refractivity contribution in [2.75, 3.05) is 26.2 Å². The molecular formula is C7H14F3N3O. The largest absolute Gasteiger partial charge is 0.401 e. The SMILES string of the molecule is N=C(N)CCN(CCO)CC(F)(F)F. The Kier molecular flexibility index (Phi) is 5.47. The molecule has 7 heteroatoms. The highest BCUT2D eigenvalue weighted by molar-refractivity contribution is 5.76. The minimum atomic E-state index is -4.29. The van der Waals surface area contributed by atoms with E-state index in [0.717, 1.165) is 4.90 Å². The van der Waals surface area contributed by atoms with Crippen LogP contribution in [0.1, 0.15) is 6.42 Å². The lowest BCUT2D eigenvalue weighted by atomic mass is 10.3. The van der Waals surface area contributed by atoms with Crippen LogP contribution in [0.5, 0.6) is 0 Å². The molecule has 4 N–H and O–H groups in total. The maximum Gasteiger partial charge on any atom is 0.401 e. The van der Waals surface area contributed by atoms with E-state index in [9.17, 15) is 13.2 Å². The average Bonchev–Trinajstić information content (AvgIpc) is 1.98. The summed E-state index contributed by atoms with van der Waals surface area (Å²) in [7, 11) is 0. The van der Waals surface area contributed by atoms with Gasteiger partial charge in [0.1, 0.15) is 0 Å². The van der Waals surface area contributed by atoms with E-state index in [2.05, 4.69) is 0 Å². The van der Waals surface area contributed by atoms with Gasteiger partial charge < -0.3 is 10.8 Å². The second-order valence-corrected chi connectivity index (χ2v) is 2.89. The lowest BCUT2D eigenvalue weighted by molar-refractivity contribution is -0.146. The van der Waals surface area contributed by atoms with Gasteiger partial charge in [0.2, 0.25) is 0 Å². The van der Waals surface area contributed by atoms with Gasteiger partial charge in [-0.2, -0.15) is 13.2 Å². The topological polar surface area (TPSA) is 73.3 Å². The Morgan fingerprint density at radius 3 is 2.29 bits per heavy atom. The molecule has 0 aliphatic heterocycles. The first-order valence-corrected chi connectivity index (χ1v) is 4.08. The molecule has 0 bridgehead atoms. The monoisotopic (exact) mass is 213 g/mol. The molecular weight excluding hydrogens is 199 g/mol. The molecule has 0 saturated heterocycles. The summed E-state index contributed by atoms with van der Waals surface area (Å²) >= 11 is 0. The van der Waals surface area contributed by atoms with E-state index >= 15 is 0 Å². The summed E-state index contributed by atoms with van der Waals surface area (Å²) in [5.41, 5.74) is 5.01. The molecule has 0 heterocycles. The summed E-state index contributed by atoms with van der Waals surface area (Å²) in [4.78, 5) is 1.02. The number of halogens is 3. The number of hydrogen-bond donors (Lipinski definition) is 3. The van der Waals surface area contributed by atoms with Crippen LogP contribution in [0.4, 0.5) is 13.2 Å². The third-order valence-electron chi connectivity index (χ3n) is 1.52. The molecule has 84 valence electrons. The fourth-order valence-electron chi connectivity index (χ4n) is 0.943. The zero-order valence-corrected chi connectivity index (χ0v) is 7.64. The molecule has 0 amide bonds. The van der Waals surface area contributed by atoms with Crippen molar-refractivity contribution < 1.29 is 18.3 Å². The Hall–Kier alpha value is -0.820. The number of nitrogens with zero attached hydrogens (tertiary/aromatic N) is 1. The van der Waals surface area contributed by atoms with Crippen molar-refractivity contribution in [3.63, 3.8) is 0 Å². The number of alkyl halides is 3. The number of rotatable bonds is 6. The molecule has 0 aromatic rings. The molecule has 0 aliphatic rings. The molecule has 4 nitrogen and oxygen atoms in total. The summed E-state index contributed by atoms with van der Waals surface area (Å²) < 4.78 is 35.8. The van der Waals surface area contributed by atoms with E-state index in [1.54, 1.807) is 0 Å². The number of nitrogens with one attached hydrogen (secondary N) is 1. The van der Waals surface area contributed by atoms with Crippen molar-refractivity contribution in [1.82, 2.24) is 4.90 Å².